The molecule has 2 heteroatoms. The SMILES string of the molecule is c1ccc(C2(c3ccc(N(c4ccc(-c5cccc6ccccc56)cc4)c4ccc5oc6ccccc6c5c4)cc3)CCCCC2)cc1. The third-order valence-electron chi connectivity index (χ3n) is 10.6. The molecule has 0 saturated heterocycles. The molecule has 1 aliphatic carbocycles. The van der Waals surface area contributed by atoms with E-state index < -0.39 is 0 Å². The van der Waals surface area contributed by atoms with Gasteiger partial charge < -0.3 is 9.32 Å². The first-order valence-electron chi connectivity index (χ1n) is 17.2. The van der Waals surface area contributed by atoms with E-state index >= 15 is 0 Å². The number of benzene rings is 7. The van der Waals surface area contributed by atoms with Crippen molar-refractivity contribution in [2.45, 2.75) is 37.5 Å². The minimum Gasteiger partial charge on any atom is -0.456 e. The highest BCUT2D eigenvalue weighted by Crippen LogP contribution is 2.46. The summed E-state index contributed by atoms with van der Waals surface area (Å²) in [5.41, 5.74) is 10.6. The molecule has 7 aromatic carbocycles. The maximum Gasteiger partial charge on any atom is 0.135 e. The van der Waals surface area contributed by atoms with Crippen molar-refractivity contribution in [1.82, 2.24) is 0 Å². The quantitative estimate of drug-likeness (QED) is 0.184. The topological polar surface area (TPSA) is 16.4 Å². The highest BCUT2D eigenvalue weighted by molar-refractivity contribution is 6.06. The highest BCUT2D eigenvalue weighted by Gasteiger charge is 2.35. The number of hydrogen-bond acceptors (Lipinski definition) is 2. The van der Waals surface area contributed by atoms with Gasteiger partial charge in [0.2, 0.25) is 0 Å². The van der Waals surface area contributed by atoms with Gasteiger partial charge in [0.15, 0.2) is 0 Å². The van der Waals surface area contributed by atoms with E-state index in [4.69, 9.17) is 4.42 Å². The zero-order valence-electron chi connectivity index (χ0n) is 27.0. The Balaban J connectivity index is 1.16. The average Bonchev–Trinajstić information content (AvgIpc) is 3.54. The van der Waals surface area contributed by atoms with E-state index in [2.05, 4.69) is 157 Å². The number of para-hydroxylation sites is 1. The van der Waals surface area contributed by atoms with Crippen molar-refractivity contribution >= 4 is 49.8 Å². The Morgan fingerprint density at radius 3 is 1.83 bits per heavy atom. The van der Waals surface area contributed by atoms with Crippen LogP contribution in [-0.4, -0.2) is 0 Å². The molecule has 0 atom stereocenters. The van der Waals surface area contributed by atoms with Gasteiger partial charge in [-0.3, -0.25) is 0 Å². The Morgan fingerprint density at radius 1 is 0.438 bits per heavy atom. The van der Waals surface area contributed by atoms with Crippen molar-refractivity contribution in [2.75, 3.05) is 4.90 Å². The number of hydrogen-bond donors (Lipinski definition) is 0. The van der Waals surface area contributed by atoms with Crippen LogP contribution in [-0.2, 0) is 5.41 Å². The largest absolute Gasteiger partial charge is 0.456 e. The van der Waals surface area contributed by atoms with Gasteiger partial charge in [0.25, 0.3) is 0 Å². The fraction of sp³-hybridized carbons (Fsp3) is 0.130. The molecular weight excluding hydrogens is 583 g/mol. The predicted octanol–water partition coefficient (Wildman–Crippen LogP) is 13.1. The van der Waals surface area contributed by atoms with E-state index in [0.717, 1.165) is 39.0 Å². The molecule has 0 aliphatic heterocycles. The monoisotopic (exact) mass is 619 g/mol. The van der Waals surface area contributed by atoms with E-state index in [-0.39, 0.29) is 5.41 Å². The molecule has 9 rings (SSSR count). The molecule has 1 saturated carbocycles. The maximum atomic E-state index is 6.22. The Kier molecular flexibility index (Phi) is 7.08. The second-order valence-corrected chi connectivity index (χ2v) is 13.2. The maximum absolute atomic E-state index is 6.22. The van der Waals surface area contributed by atoms with Gasteiger partial charge in [-0.1, -0.05) is 135 Å². The standard InChI is InChI=1S/C46H37NO/c1-3-14-35(15-4-1)46(30-9-2-10-31-46)36-22-26-38(27-23-36)47(39-28-29-45-43(32-39)42-17-7-8-19-44(42)48-45)37-24-20-34(21-25-37)41-18-11-13-33-12-5-6-16-40(33)41/h1,3-8,11-29,32H,2,9-10,30-31H2. The van der Waals surface area contributed by atoms with Crippen LogP contribution in [0.4, 0.5) is 17.1 Å². The van der Waals surface area contributed by atoms with Crippen LogP contribution in [0.15, 0.2) is 168 Å². The Bertz CT molecular complexity index is 2360. The summed E-state index contributed by atoms with van der Waals surface area (Å²) in [6.45, 7) is 0. The second kappa shape index (κ2) is 11.9. The van der Waals surface area contributed by atoms with Gasteiger partial charge in [0.05, 0.1) is 0 Å². The first-order valence-corrected chi connectivity index (χ1v) is 17.2. The summed E-state index contributed by atoms with van der Waals surface area (Å²) in [4.78, 5) is 2.38. The van der Waals surface area contributed by atoms with Crippen molar-refractivity contribution in [2.24, 2.45) is 0 Å². The zero-order valence-corrected chi connectivity index (χ0v) is 27.0. The van der Waals surface area contributed by atoms with Gasteiger partial charge in [-0.25, -0.2) is 0 Å². The van der Waals surface area contributed by atoms with E-state index in [9.17, 15) is 0 Å². The minimum atomic E-state index is 0.0671. The van der Waals surface area contributed by atoms with Crippen LogP contribution in [0.25, 0.3) is 43.8 Å². The first-order chi connectivity index (χ1) is 23.8. The predicted molar refractivity (Wildman–Crippen MR) is 202 cm³/mol. The molecule has 2 nitrogen and oxygen atoms in total. The molecule has 0 spiro atoms. The molecule has 0 radical (unpaired) electrons. The van der Waals surface area contributed by atoms with Gasteiger partial charge in [-0.2, -0.15) is 0 Å². The van der Waals surface area contributed by atoms with Gasteiger partial charge in [0.1, 0.15) is 11.2 Å². The van der Waals surface area contributed by atoms with E-state index in [0.29, 0.717) is 0 Å². The smallest absolute Gasteiger partial charge is 0.135 e. The normalized spacial score (nSPS) is 14.4. The van der Waals surface area contributed by atoms with Crippen LogP contribution < -0.4 is 4.90 Å². The van der Waals surface area contributed by atoms with Gasteiger partial charge >= 0.3 is 0 Å². The van der Waals surface area contributed by atoms with Crippen molar-refractivity contribution in [1.29, 1.82) is 0 Å². The summed E-state index contributed by atoms with van der Waals surface area (Å²) < 4.78 is 6.22. The fourth-order valence-corrected chi connectivity index (χ4v) is 8.15. The zero-order chi connectivity index (χ0) is 31.9. The number of anilines is 3. The molecule has 1 aromatic heterocycles. The van der Waals surface area contributed by atoms with Crippen LogP contribution in [0.2, 0.25) is 0 Å². The van der Waals surface area contributed by atoms with E-state index in [1.807, 2.05) is 12.1 Å². The van der Waals surface area contributed by atoms with Crippen molar-refractivity contribution in [3.8, 4) is 11.1 Å². The lowest BCUT2D eigenvalue weighted by molar-refractivity contribution is 0.346. The Morgan fingerprint density at radius 2 is 1.04 bits per heavy atom. The molecule has 1 fully saturated rings. The molecule has 0 amide bonds. The van der Waals surface area contributed by atoms with Crippen LogP contribution in [0.1, 0.15) is 43.2 Å². The minimum absolute atomic E-state index is 0.0671. The van der Waals surface area contributed by atoms with Crippen molar-refractivity contribution in [3.05, 3.63) is 175 Å². The summed E-state index contributed by atoms with van der Waals surface area (Å²) in [7, 11) is 0. The molecule has 48 heavy (non-hydrogen) atoms. The summed E-state index contributed by atoms with van der Waals surface area (Å²) in [5, 5.41) is 4.79. The van der Waals surface area contributed by atoms with Crippen molar-refractivity contribution in [3.63, 3.8) is 0 Å². The molecule has 0 bridgehead atoms. The van der Waals surface area contributed by atoms with Gasteiger partial charge in [-0.05, 0) is 94.4 Å². The Hall–Kier alpha value is -5.60. The molecule has 1 aliphatic rings. The van der Waals surface area contributed by atoms with Gasteiger partial charge in [-0.15, -0.1) is 0 Å². The van der Waals surface area contributed by atoms with Gasteiger partial charge in [0, 0.05) is 33.2 Å². The van der Waals surface area contributed by atoms with Crippen LogP contribution in [0.5, 0.6) is 0 Å². The number of furan rings is 1. The summed E-state index contributed by atoms with van der Waals surface area (Å²) >= 11 is 0. The summed E-state index contributed by atoms with van der Waals surface area (Å²) in [5.74, 6) is 0. The van der Waals surface area contributed by atoms with Crippen molar-refractivity contribution < 1.29 is 4.42 Å². The Labute approximate surface area is 281 Å². The number of rotatable bonds is 6. The number of fused-ring (bicyclic) bond motifs is 4. The highest BCUT2D eigenvalue weighted by atomic mass is 16.3. The molecule has 1 heterocycles. The molecule has 8 aromatic rings. The fourth-order valence-electron chi connectivity index (χ4n) is 8.15. The summed E-state index contributed by atoms with van der Waals surface area (Å²) in [6.07, 6.45) is 6.25. The van der Waals surface area contributed by atoms with E-state index in [1.165, 1.54) is 65.1 Å². The number of nitrogens with zero attached hydrogens (tertiary/aromatic N) is 1. The lowest BCUT2D eigenvalue weighted by Gasteiger charge is -2.39. The first kappa shape index (κ1) is 28.6. The third-order valence-corrected chi connectivity index (χ3v) is 10.6. The summed E-state index contributed by atoms with van der Waals surface area (Å²) in [6, 6.07) is 59.7. The average molecular weight is 620 g/mol. The van der Waals surface area contributed by atoms with Crippen LogP contribution in [0, 0.1) is 0 Å². The lowest BCUT2D eigenvalue weighted by atomic mass is 9.65. The molecule has 232 valence electrons. The molecular formula is C46H37NO. The molecule has 0 N–H and O–H groups in total. The van der Waals surface area contributed by atoms with E-state index in [1.54, 1.807) is 0 Å². The second-order valence-electron chi connectivity index (χ2n) is 13.2. The van der Waals surface area contributed by atoms with Crippen LogP contribution in [0.3, 0.4) is 0 Å². The lowest BCUT2D eigenvalue weighted by Crippen LogP contribution is -2.30. The molecule has 0 unspecified atom stereocenters. The third kappa shape index (κ3) is 4.88. The van der Waals surface area contributed by atoms with Crippen LogP contribution >= 0.6 is 0 Å².